The molecule has 4 heterocycles. The van der Waals surface area contributed by atoms with Gasteiger partial charge in [0.05, 0.1) is 4.70 Å². The highest BCUT2D eigenvalue weighted by atomic mass is 32.1. The number of benzene rings is 4. The molecule has 8 nitrogen and oxygen atoms in total. The Kier molecular flexibility index (Phi) is 13.2. The number of thiophene rings is 4. The molecule has 0 atom stereocenters. The van der Waals surface area contributed by atoms with Crippen molar-refractivity contribution in [3.63, 3.8) is 0 Å². The van der Waals surface area contributed by atoms with Gasteiger partial charge < -0.3 is 18.9 Å². The lowest BCUT2D eigenvalue weighted by atomic mass is 10.2. The fourth-order valence-electron chi connectivity index (χ4n) is 4.75. The molecule has 0 aliphatic rings. The molecule has 0 radical (unpaired) electrons. The first-order valence-electron chi connectivity index (χ1n) is 15.7. The molecule has 8 aromatic rings. The first kappa shape index (κ1) is 37.8. The molecule has 4 aromatic carbocycles. The van der Waals surface area contributed by atoms with Crippen LogP contribution >= 0.6 is 45.3 Å². The van der Waals surface area contributed by atoms with E-state index in [9.17, 15) is 19.2 Å². The minimum atomic E-state index is -0.283. The van der Waals surface area contributed by atoms with Gasteiger partial charge in [0.1, 0.15) is 23.0 Å². The zero-order valence-corrected chi connectivity index (χ0v) is 31.7. The van der Waals surface area contributed by atoms with E-state index in [1.165, 1.54) is 37.8 Å². The highest BCUT2D eigenvalue weighted by molar-refractivity contribution is 7.18. The topological polar surface area (TPSA) is 105 Å². The van der Waals surface area contributed by atoms with Crippen LogP contribution in [0.15, 0.2) is 119 Å². The van der Waals surface area contributed by atoms with E-state index in [0.29, 0.717) is 23.0 Å². The van der Waals surface area contributed by atoms with E-state index in [0.717, 1.165) is 30.3 Å². The van der Waals surface area contributed by atoms with Crippen molar-refractivity contribution in [3.8, 4) is 23.0 Å². The maximum atomic E-state index is 10.8. The van der Waals surface area contributed by atoms with E-state index < -0.39 is 0 Å². The smallest absolute Gasteiger partial charge is 0.308 e. The second-order valence-corrected chi connectivity index (χ2v) is 14.6. The van der Waals surface area contributed by atoms with Crippen molar-refractivity contribution in [3.05, 3.63) is 119 Å². The highest BCUT2D eigenvalue weighted by Crippen LogP contribution is 2.31. The third kappa shape index (κ3) is 10.8. The van der Waals surface area contributed by atoms with E-state index in [1.54, 1.807) is 69.6 Å². The summed E-state index contributed by atoms with van der Waals surface area (Å²) in [4.78, 5) is 42.9. The van der Waals surface area contributed by atoms with Gasteiger partial charge in [-0.05, 0) is 117 Å². The average Bonchev–Trinajstić information content (AvgIpc) is 3.92. The summed E-state index contributed by atoms with van der Waals surface area (Å²) in [5.41, 5.74) is 0. The van der Waals surface area contributed by atoms with Gasteiger partial charge in [0, 0.05) is 47.2 Å². The lowest BCUT2D eigenvalue weighted by molar-refractivity contribution is -0.132. The maximum Gasteiger partial charge on any atom is 0.308 e. The van der Waals surface area contributed by atoms with Gasteiger partial charge in [0.15, 0.2) is 0 Å². The Balaban J connectivity index is 0.000000134. The summed E-state index contributed by atoms with van der Waals surface area (Å²) in [6.07, 6.45) is 0. The molecule has 8 rings (SSSR count). The SMILES string of the molecule is CC(=O)Oc1ccc2ccsc2c1.CC(=O)Oc1ccc2sccc2c1.CC(=O)Oc1cccc2ccsc12.CC(=O)Oc1cccc2sccc12. The summed E-state index contributed by atoms with van der Waals surface area (Å²) in [6.45, 7) is 5.62. The quantitative estimate of drug-likeness (QED) is 0.129. The third-order valence-electron chi connectivity index (χ3n) is 6.78. The highest BCUT2D eigenvalue weighted by Gasteiger charge is 2.06. The van der Waals surface area contributed by atoms with Gasteiger partial charge in [-0.2, -0.15) is 0 Å². The summed E-state index contributed by atoms with van der Waals surface area (Å²) in [5, 5.41) is 12.4. The third-order valence-corrected chi connectivity index (χ3v) is 10.4. The molecule has 0 fully saturated rings. The van der Waals surface area contributed by atoms with Crippen molar-refractivity contribution < 1.29 is 38.1 Å². The Hall–Kier alpha value is -5.40. The van der Waals surface area contributed by atoms with Crippen LogP contribution in [0.3, 0.4) is 0 Å². The van der Waals surface area contributed by atoms with E-state index in [4.69, 9.17) is 18.9 Å². The van der Waals surface area contributed by atoms with E-state index >= 15 is 0 Å². The number of carbonyl (C=O) groups excluding carboxylic acids is 4. The molecule has 0 bridgehead atoms. The Morgan fingerprint density at radius 3 is 1.69 bits per heavy atom. The fourth-order valence-corrected chi connectivity index (χ4v) is 7.99. The molecule has 0 amide bonds. The van der Waals surface area contributed by atoms with Crippen LogP contribution in [-0.4, -0.2) is 23.9 Å². The molecule has 0 spiro atoms. The monoisotopic (exact) mass is 768 g/mol. The number of rotatable bonds is 4. The van der Waals surface area contributed by atoms with Crippen molar-refractivity contribution in [1.29, 1.82) is 0 Å². The summed E-state index contributed by atoms with van der Waals surface area (Å²) in [5.74, 6) is 1.40. The minimum Gasteiger partial charge on any atom is -0.427 e. The van der Waals surface area contributed by atoms with Gasteiger partial charge in [-0.3, -0.25) is 19.2 Å². The van der Waals surface area contributed by atoms with E-state index in [-0.39, 0.29) is 23.9 Å². The molecular formula is C40H32O8S4. The van der Waals surface area contributed by atoms with Crippen LogP contribution in [0.5, 0.6) is 23.0 Å². The van der Waals surface area contributed by atoms with E-state index in [2.05, 4.69) is 0 Å². The summed E-state index contributed by atoms with van der Waals surface area (Å²) >= 11 is 6.53. The molecular weight excluding hydrogens is 737 g/mol. The fraction of sp³-hybridized carbons (Fsp3) is 0.100. The lowest BCUT2D eigenvalue weighted by Gasteiger charge is -2.01. The molecule has 0 saturated heterocycles. The predicted molar refractivity (Wildman–Crippen MR) is 213 cm³/mol. The maximum absolute atomic E-state index is 10.8. The van der Waals surface area contributed by atoms with Gasteiger partial charge in [-0.1, -0.05) is 18.2 Å². The van der Waals surface area contributed by atoms with Crippen LogP contribution in [0.25, 0.3) is 40.3 Å². The van der Waals surface area contributed by atoms with Gasteiger partial charge in [-0.25, -0.2) is 0 Å². The number of hydrogen-bond donors (Lipinski definition) is 0. The molecule has 12 heteroatoms. The van der Waals surface area contributed by atoms with E-state index in [1.807, 2.05) is 94.3 Å². The predicted octanol–water partition coefficient (Wildman–Crippen LogP) is 11.3. The van der Waals surface area contributed by atoms with Crippen molar-refractivity contribution in [2.24, 2.45) is 0 Å². The molecule has 0 aliphatic carbocycles. The average molecular weight is 769 g/mol. The summed E-state index contributed by atoms with van der Waals surface area (Å²) in [6, 6.07) is 30.6. The normalized spacial score (nSPS) is 10.2. The number of hydrogen-bond acceptors (Lipinski definition) is 12. The Labute approximate surface area is 315 Å². The van der Waals surface area contributed by atoms with Crippen LogP contribution in [0.4, 0.5) is 0 Å². The largest absolute Gasteiger partial charge is 0.427 e. The van der Waals surface area contributed by atoms with Gasteiger partial charge in [0.25, 0.3) is 0 Å². The number of ether oxygens (including phenoxy) is 4. The van der Waals surface area contributed by atoms with Crippen molar-refractivity contribution in [2.45, 2.75) is 27.7 Å². The summed E-state index contributed by atoms with van der Waals surface area (Å²) in [7, 11) is 0. The minimum absolute atomic E-state index is 0.277. The van der Waals surface area contributed by atoms with Crippen molar-refractivity contribution in [1.82, 2.24) is 0 Å². The van der Waals surface area contributed by atoms with Crippen LogP contribution in [0.1, 0.15) is 27.7 Å². The van der Waals surface area contributed by atoms with Crippen molar-refractivity contribution in [2.75, 3.05) is 0 Å². The molecule has 0 unspecified atom stereocenters. The Bertz CT molecular complexity index is 2290. The van der Waals surface area contributed by atoms with Crippen molar-refractivity contribution >= 4 is 110 Å². The standard InChI is InChI=1S/4C10H8O2S/c1-7(11)12-9-2-3-10-8(6-9)4-5-13-10;1-7(11)12-9-3-2-8-4-5-13-10(8)6-9;1-7(11)12-9-3-2-4-10-8(9)5-6-13-10;1-7(11)12-9-4-2-3-8-5-6-13-10(8)9/h4*2-6H,1H3. The van der Waals surface area contributed by atoms with Crippen LogP contribution < -0.4 is 18.9 Å². The van der Waals surface area contributed by atoms with Gasteiger partial charge in [0.2, 0.25) is 0 Å². The zero-order chi connectivity index (χ0) is 37.0. The van der Waals surface area contributed by atoms with Gasteiger partial charge in [-0.15, -0.1) is 45.3 Å². The zero-order valence-electron chi connectivity index (χ0n) is 28.4. The number of fused-ring (bicyclic) bond motifs is 4. The molecule has 4 aromatic heterocycles. The van der Waals surface area contributed by atoms with Crippen LogP contribution in [0.2, 0.25) is 0 Å². The first-order chi connectivity index (χ1) is 25.0. The second-order valence-electron chi connectivity index (χ2n) is 10.8. The number of esters is 4. The molecule has 0 saturated carbocycles. The molecule has 52 heavy (non-hydrogen) atoms. The number of carbonyl (C=O) groups is 4. The molecule has 0 aliphatic heterocycles. The molecule has 264 valence electrons. The van der Waals surface area contributed by atoms with Gasteiger partial charge >= 0.3 is 23.9 Å². The Morgan fingerprint density at radius 2 is 0.962 bits per heavy atom. The Morgan fingerprint density at radius 1 is 0.423 bits per heavy atom. The second kappa shape index (κ2) is 18.2. The summed E-state index contributed by atoms with van der Waals surface area (Å²) < 4.78 is 24.5. The van der Waals surface area contributed by atoms with Crippen LogP contribution in [-0.2, 0) is 19.2 Å². The first-order valence-corrected chi connectivity index (χ1v) is 19.2. The lowest BCUT2D eigenvalue weighted by Crippen LogP contribution is -2.01. The van der Waals surface area contributed by atoms with Crippen LogP contribution in [0, 0.1) is 0 Å². The molecule has 0 N–H and O–H groups in total.